The molecule has 98 valence electrons. The van der Waals surface area contributed by atoms with Gasteiger partial charge in [-0.15, -0.1) is 0 Å². The Morgan fingerprint density at radius 3 is 2.72 bits per heavy atom. The highest BCUT2D eigenvalue weighted by molar-refractivity contribution is 5.81. The summed E-state index contributed by atoms with van der Waals surface area (Å²) in [7, 11) is 1.43. The zero-order valence-corrected chi connectivity index (χ0v) is 10.9. The van der Waals surface area contributed by atoms with Crippen LogP contribution in [0.3, 0.4) is 0 Å². The first-order valence-corrected chi connectivity index (χ1v) is 6.16. The molecule has 18 heavy (non-hydrogen) atoms. The van der Waals surface area contributed by atoms with Crippen molar-refractivity contribution < 1.29 is 13.9 Å². The molecule has 1 aliphatic carbocycles. The summed E-state index contributed by atoms with van der Waals surface area (Å²) in [5.74, 6) is 0.482. The van der Waals surface area contributed by atoms with Gasteiger partial charge in [-0.3, -0.25) is 4.79 Å². The molecule has 0 spiro atoms. The number of amides is 1. The van der Waals surface area contributed by atoms with Gasteiger partial charge in [0.15, 0.2) is 11.6 Å². The molecular weight excluding hydrogens is 233 g/mol. The highest BCUT2D eigenvalue weighted by atomic mass is 19.1. The Balaban J connectivity index is 2.02. The zero-order chi connectivity index (χ0) is 13.3. The van der Waals surface area contributed by atoms with E-state index >= 15 is 0 Å². The number of rotatable bonds is 4. The number of hydrogen-bond donors (Lipinski definition) is 1. The minimum atomic E-state index is -0.407. The van der Waals surface area contributed by atoms with E-state index < -0.39 is 5.82 Å². The Kier molecular flexibility index (Phi) is 3.55. The Morgan fingerprint density at radius 2 is 2.22 bits per heavy atom. The van der Waals surface area contributed by atoms with E-state index in [1.165, 1.54) is 13.2 Å². The summed E-state index contributed by atoms with van der Waals surface area (Å²) in [5, 5.41) is 2.91. The molecule has 1 amide bonds. The van der Waals surface area contributed by atoms with E-state index in [-0.39, 0.29) is 23.6 Å². The van der Waals surface area contributed by atoms with E-state index in [4.69, 9.17) is 4.74 Å². The molecule has 0 radical (unpaired) electrons. The second-order valence-electron chi connectivity index (χ2n) is 4.94. The summed E-state index contributed by atoms with van der Waals surface area (Å²) in [4.78, 5) is 11.8. The number of carbonyl (C=O) groups excluding carboxylic acids is 1. The average Bonchev–Trinajstić information content (AvgIpc) is 3.06. The number of hydrogen-bond acceptors (Lipinski definition) is 2. The van der Waals surface area contributed by atoms with E-state index in [0.717, 1.165) is 12.0 Å². The van der Waals surface area contributed by atoms with Gasteiger partial charge in [0.1, 0.15) is 0 Å². The van der Waals surface area contributed by atoms with Gasteiger partial charge in [0.05, 0.1) is 13.2 Å². The van der Waals surface area contributed by atoms with Gasteiger partial charge in [-0.05, 0) is 37.0 Å². The molecule has 1 aliphatic rings. The van der Waals surface area contributed by atoms with Crippen LogP contribution in [-0.4, -0.2) is 13.0 Å². The standard InChI is InChI=1S/C14H18FNO2/c1-8-6-11(8)14(17)16-9(2)10-4-5-13(18-3)12(15)7-10/h4-5,7-9,11H,6H2,1-3H3,(H,16,17)/t8-,9-,11+/m0/s1. The Bertz CT molecular complexity index is 461. The fourth-order valence-corrected chi connectivity index (χ4v) is 2.04. The molecule has 1 N–H and O–H groups in total. The van der Waals surface area contributed by atoms with Crippen molar-refractivity contribution in [3.63, 3.8) is 0 Å². The molecule has 0 bridgehead atoms. The number of carbonyl (C=O) groups is 1. The van der Waals surface area contributed by atoms with Gasteiger partial charge in [-0.25, -0.2) is 4.39 Å². The summed E-state index contributed by atoms with van der Waals surface area (Å²) >= 11 is 0. The van der Waals surface area contributed by atoms with Gasteiger partial charge in [0.25, 0.3) is 0 Å². The number of ether oxygens (including phenoxy) is 1. The monoisotopic (exact) mass is 251 g/mol. The lowest BCUT2D eigenvalue weighted by Crippen LogP contribution is -2.28. The van der Waals surface area contributed by atoms with Crippen LogP contribution in [0, 0.1) is 17.7 Å². The van der Waals surface area contributed by atoms with E-state index in [2.05, 4.69) is 12.2 Å². The third-order valence-corrected chi connectivity index (χ3v) is 3.48. The van der Waals surface area contributed by atoms with Crippen molar-refractivity contribution in [1.82, 2.24) is 5.32 Å². The van der Waals surface area contributed by atoms with Crippen LogP contribution in [0.2, 0.25) is 0 Å². The topological polar surface area (TPSA) is 38.3 Å². The molecule has 1 fully saturated rings. The summed E-state index contributed by atoms with van der Waals surface area (Å²) in [6, 6.07) is 4.56. The van der Waals surface area contributed by atoms with Gasteiger partial charge in [-0.2, -0.15) is 0 Å². The van der Waals surface area contributed by atoms with Crippen molar-refractivity contribution >= 4 is 5.91 Å². The van der Waals surface area contributed by atoms with Crippen LogP contribution in [0.15, 0.2) is 18.2 Å². The van der Waals surface area contributed by atoms with Crippen LogP contribution >= 0.6 is 0 Å². The Morgan fingerprint density at radius 1 is 1.56 bits per heavy atom. The number of nitrogens with one attached hydrogen (secondary N) is 1. The SMILES string of the molecule is COc1ccc([C@H](C)NC(=O)[C@@H]2C[C@@H]2C)cc1F. The maximum absolute atomic E-state index is 13.5. The lowest BCUT2D eigenvalue weighted by molar-refractivity contribution is -0.123. The highest BCUT2D eigenvalue weighted by Gasteiger charge is 2.39. The molecule has 0 unspecified atom stereocenters. The summed E-state index contributed by atoms with van der Waals surface area (Å²) in [6.07, 6.45) is 0.954. The predicted octanol–water partition coefficient (Wildman–Crippen LogP) is 2.67. The van der Waals surface area contributed by atoms with E-state index in [0.29, 0.717) is 5.92 Å². The normalized spacial score (nSPS) is 23.3. The van der Waals surface area contributed by atoms with E-state index in [1.807, 2.05) is 6.92 Å². The van der Waals surface area contributed by atoms with Crippen LogP contribution in [0.1, 0.15) is 31.9 Å². The van der Waals surface area contributed by atoms with Crippen LogP contribution < -0.4 is 10.1 Å². The van der Waals surface area contributed by atoms with Crippen LogP contribution in [0.4, 0.5) is 4.39 Å². The molecule has 0 aliphatic heterocycles. The molecule has 2 rings (SSSR count). The van der Waals surface area contributed by atoms with Crippen molar-refractivity contribution in [2.75, 3.05) is 7.11 Å². The number of benzene rings is 1. The summed E-state index contributed by atoms with van der Waals surface area (Å²) < 4.78 is 18.4. The smallest absolute Gasteiger partial charge is 0.223 e. The second-order valence-corrected chi connectivity index (χ2v) is 4.94. The molecule has 3 atom stereocenters. The molecule has 1 aromatic carbocycles. The van der Waals surface area contributed by atoms with Crippen LogP contribution in [-0.2, 0) is 4.79 Å². The van der Waals surface area contributed by atoms with Crippen molar-refractivity contribution in [2.24, 2.45) is 11.8 Å². The molecule has 4 heteroatoms. The largest absolute Gasteiger partial charge is 0.494 e. The lowest BCUT2D eigenvalue weighted by atomic mass is 10.1. The predicted molar refractivity (Wildman–Crippen MR) is 66.8 cm³/mol. The quantitative estimate of drug-likeness (QED) is 0.893. The minimum Gasteiger partial charge on any atom is -0.494 e. The van der Waals surface area contributed by atoms with Gasteiger partial charge < -0.3 is 10.1 Å². The van der Waals surface area contributed by atoms with E-state index in [1.54, 1.807) is 12.1 Å². The van der Waals surface area contributed by atoms with Gasteiger partial charge in [0, 0.05) is 5.92 Å². The number of methoxy groups -OCH3 is 1. The molecule has 1 aromatic rings. The Labute approximate surface area is 106 Å². The third-order valence-electron chi connectivity index (χ3n) is 3.48. The highest BCUT2D eigenvalue weighted by Crippen LogP contribution is 2.38. The van der Waals surface area contributed by atoms with Gasteiger partial charge in [0.2, 0.25) is 5.91 Å². The second kappa shape index (κ2) is 4.96. The van der Waals surface area contributed by atoms with Crippen molar-refractivity contribution in [2.45, 2.75) is 26.3 Å². The first-order chi connectivity index (χ1) is 8.52. The summed E-state index contributed by atoms with van der Waals surface area (Å²) in [5.41, 5.74) is 0.745. The van der Waals surface area contributed by atoms with Crippen LogP contribution in [0.5, 0.6) is 5.75 Å². The molecule has 0 aromatic heterocycles. The molecule has 0 saturated heterocycles. The maximum atomic E-state index is 13.5. The minimum absolute atomic E-state index is 0.0613. The van der Waals surface area contributed by atoms with Crippen molar-refractivity contribution in [1.29, 1.82) is 0 Å². The average molecular weight is 251 g/mol. The fraction of sp³-hybridized carbons (Fsp3) is 0.500. The molecule has 0 heterocycles. The first-order valence-electron chi connectivity index (χ1n) is 6.16. The third kappa shape index (κ3) is 2.63. The van der Waals surface area contributed by atoms with Gasteiger partial charge in [-0.1, -0.05) is 13.0 Å². The molecule has 3 nitrogen and oxygen atoms in total. The lowest BCUT2D eigenvalue weighted by Gasteiger charge is -2.15. The van der Waals surface area contributed by atoms with Crippen molar-refractivity contribution in [3.8, 4) is 5.75 Å². The molecule has 1 saturated carbocycles. The number of halogens is 1. The maximum Gasteiger partial charge on any atom is 0.223 e. The van der Waals surface area contributed by atoms with Crippen molar-refractivity contribution in [3.05, 3.63) is 29.6 Å². The zero-order valence-electron chi connectivity index (χ0n) is 10.9. The Hall–Kier alpha value is -1.58. The van der Waals surface area contributed by atoms with Crippen LogP contribution in [0.25, 0.3) is 0 Å². The first kappa shape index (κ1) is 12.9. The summed E-state index contributed by atoms with van der Waals surface area (Å²) in [6.45, 7) is 3.91. The molecular formula is C14H18FNO2. The van der Waals surface area contributed by atoms with E-state index in [9.17, 15) is 9.18 Å². The fourth-order valence-electron chi connectivity index (χ4n) is 2.04. The van der Waals surface area contributed by atoms with Gasteiger partial charge >= 0.3 is 0 Å².